The first-order chi connectivity index (χ1) is 22.8. The Balaban J connectivity index is 1.27. The molecule has 3 heterocycles. The second-order valence-corrected chi connectivity index (χ2v) is 11.9. The Morgan fingerprint density at radius 2 is 1.11 bits per heavy atom. The van der Waals surface area contributed by atoms with E-state index < -0.39 is 0 Å². The Bertz CT molecular complexity index is 2810. The molecule has 4 heteroatoms. The lowest BCUT2D eigenvalue weighted by atomic mass is 9.99. The summed E-state index contributed by atoms with van der Waals surface area (Å²) in [6.07, 6.45) is 0. The lowest BCUT2D eigenvalue weighted by molar-refractivity contribution is 1.01. The van der Waals surface area contributed by atoms with Crippen molar-refractivity contribution in [1.82, 2.24) is 19.5 Å². The van der Waals surface area contributed by atoms with Gasteiger partial charge in [0, 0.05) is 43.5 Å². The van der Waals surface area contributed by atoms with Crippen molar-refractivity contribution in [2.45, 2.75) is 0 Å². The molecule has 7 aromatic carbocycles. The van der Waals surface area contributed by atoms with Crippen LogP contribution in [0.1, 0.15) is 0 Å². The number of H-pyrrole nitrogens is 1. The highest BCUT2D eigenvalue weighted by Gasteiger charge is 2.19. The van der Waals surface area contributed by atoms with Crippen LogP contribution in [0.5, 0.6) is 0 Å². The van der Waals surface area contributed by atoms with E-state index in [4.69, 9.17) is 9.97 Å². The molecule has 0 amide bonds. The summed E-state index contributed by atoms with van der Waals surface area (Å²) >= 11 is 0. The Morgan fingerprint density at radius 1 is 0.435 bits per heavy atom. The summed E-state index contributed by atoms with van der Waals surface area (Å²) in [4.78, 5) is 14.0. The third-order valence-electron chi connectivity index (χ3n) is 9.33. The summed E-state index contributed by atoms with van der Waals surface area (Å²) in [6, 6.07) is 53.8. The maximum absolute atomic E-state index is 5.28. The molecule has 46 heavy (non-hydrogen) atoms. The van der Waals surface area contributed by atoms with Crippen molar-refractivity contribution < 1.29 is 0 Å². The molecule has 0 saturated heterocycles. The van der Waals surface area contributed by atoms with Gasteiger partial charge in [-0.2, -0.15) is 0 Å². The summed E-state index contributed by atoms with van der Waals surface area (Å²) in [7, 11) is 0. The minimum Gasteiger partial charge on any atom is -0.355 e. The van der Waals surface area contributed by atoms with Gasteiger partial charge in [-0.15, -0.1) is 0 Å². The number of nitrogens with one attached hydrogen (secondary N) is 1. The van der Waals surface area contributed by atoms with Crippen molar-refractivity contribution in [3.63, 3.8) is 0 Å². The molecule has 0 saturated carbocycles. The predicted octanol–water partition coefficient (Wildman–Crippen LogP) is 10.8. The van der Waals surface area contributed by atoms with Gasteiger partial charge >= 0.3 is 0 Å². The van der Waals surface area contributed by atoms with Crippen LogP contribution in [0.2, 0.25) is 0 Å². The SMILES string of the molecule is c1ccc(-c2nc(-n3c4ccc(-c5ccc6[nH]c7ccccc7c6c5)cc4c4c5ccccc5ccc43)nc3ccccc23)cc1. The Morgan fingerprint density at radius 3 is 2.00 bits per heavy atom. The molecule has 1 N–H and O–H groups in total. The van der Waals surface area contributed by atoms with Gasteiger partial charge in [0.2, 0.25) is 5.95 Å². The van der Waals surface area contributed by atoms with Gasteiger partial charge in [0.15, 0.2) is 0 Å². The molecule has 0 aliphatic heterocycles. The second kappa shape index (κ2) is 9.62. The number of benzene rings is 7. The van der Waals surface area contributed by atoms with Crippen LogP contribution in [0.3, 0.4) is 0 Å². The van der Waals surface area contributed by atoms with E-state index >= 15 is 0 Å². The molecule has 0 radical (unpaired) electrons. The van der Waals surface area contributed by atoms with E-state index in [1.165, 1.54) is 43.4 Å². The largest absolute Gasteiger partial charge is 0.355 e. The van der Waals surface area contributed by atoms with Crippen molar-refractivity contribution in [3.8, 4) is 28.3 Å². The molecule has 0 atom stereocenters. The molecule has 0 spiro atoms. The zero-order valence-corrected chi connectivity index (χ0v) is 24.8. The molecular weight excluding hydrogens is 560 g/mol. The summed E-state index contributed by atoms with van der Waals surface area (Å²) in [5, 5.41) is 8.34. The molecule has 214 valence electrons. The summed E-state index contributed by atoms with van der Waals surface area (Å²) in [5.41, 5.74) is 9.77. The van der Waals surface area contributed by atoms with E-state index in [-0.39, 0.29) is 0 Å². The zero-order chi connectivity index (χ0) is 30.2. The van der Waals surface area contributed by atoms with Gasteiger partial charge in [0.25, 0.3) is 0 Å². The van der Waals surface area contributed by atoms with Crippen LogP contribution in [-0.4, -0.2) is 19.5 Å². The Labute approximate surface area is 264 Å². The zero-order valence-electron chi connectivity index (χ0n) is 24.8. The normalized spacial score (nSPS) is 11.9. The molecule has 4 nitrogen and oxygen atoms in total. The fraction of sp³-hybridized carbons (Fsp3) is 0. The minimum absolute atomic E-state index is 0.667. The second-order valence-electron chi connectivity index (χ2n) is 11.9. The van der Waals surface area contributed by atoms with Gasteiger partial charge in [0.1, 0.15) is 0 Å². The highest BCUT2D eigenvalue weighted by atomic mass is 15.2. The third kappa shape index (κ3) is 3.67. The third-order valence-corrected chi connectivity index (χ3v) is 9.33. The number of rotatable bonds is 3. The number of nitrogens with zero attached hydrogens (tertiary/aromatic N) is 3. The highest BCUT2D eigenvalue weighted by molar-refractivity contribution is 6.22. The minimum atomic E-state index is 0.667. The molecule has 10 aromatic rings. The fourth-order valence-corrected chi connectivity index (χ4v) is 7.19. The van der Waals surface area contributed by atoms with Crippen LogP contribution in [0, 0.1) is 0 Å². The number of hydrogen-bond donors (Lipinski definition) is 1. The molecule has 0 unspecified atom stereocenters. The smallest absolute Gasteiger partial charge is 0.235 e. The quantitative estimate of drug-likeness (QED) is 0.224. The van der Waals surface area contributed by atoms with E-state index in [0.717, 1.165) is 44.2 Å². The van der Waals surface area contributed by atoms with Crippen molar-refractivity contribution in [3.05, 3.63) is 152 Å². The summed E-state index contributed by atoms with van der Waals surface area (Å²) in [6.45, 7) is 0. The van der Waals surface area contributed by atoms with E-state index in [9.17, 15) is 0 Å². The van der Waals surface area contributed by atoms with Gasteiger partial charge in [-0.1, -0.05) is 109 Å². The first kappa shape index (κ1) is 25.1. The van der Waals surface area contributed by atoms with Crippen LogP contribution < -0.4 is 0 Å². The average Bonchev–Trinajstić information content (AvgIpc) is 3.66. The van der Waals surface area contributed by atoms with Gasteiger partial charge in [0.05, 0.1) is 22.2 Å². The fourth-order valence-electron chi connectivity index (χ4n) is 7.19. The Kier molecular flexibility index (Phi) is 5.25. The molecule has 0 fully saturated rings. The van der Waals surface area contributed by atoms with Gasteiger partial charge in [-0.05, 0) is 64.4 Å². The van der Waals surface area contributed by atoms with Gasteiger partial charge < -0.3 is 4.98 Å². The van der Waals surface area contributed by atoms with Crippen LogP contribution in [0.15, 0.2) is 152 Å². The van der Waals surface area contributed by atoms with Crippen molar-refractivity contribution >= 4 is 65.3 Å². The van der Waals surface area contributed by atoms with Crippen LogP contribution in [0.25, 0.3) is 93.6 Å². The number of aromatic amines is 1. The Hall–Kier alpha value is -6.26. The van der Waals surface area contributed by atoms with Gasteiger partial charge in [-0.3, -0.25) is 4.57 Å². The molecule has 0 bridgehead atoms. The molecule has 10 rings (SSSR count). The van der Waals surface area contributed by atoms with Gasteiger partial charge in [-0.25, -0.2) is 9.97 Å². The summed E-state index contributed by atoms with van der Waals surface area (Å²) in [5.74, 6) is 0.667. The van der Waals surface area contributed by atoms with Crippen LogP contribution in [0.4, 0.5) is 0 Å². The van der Waals surface area contributed by atoms with E-state index in [2.05, 4.69) is 149 Å². The lowest BCUT2D eigenvalue weighted by Gasteiger charge is -2.12. The van der Waals surface area contributed by atoms with Crippen molar-refractivity contribution in [1.29, 1.82) is 0 Å². The van der Waals surface area contributed by atoms with Crippen molar-refractivity contribution in [2.24, 2.45) is 0 Å². The number of para-hydroxylation sites is 2. The van der Waals surface area contributed by atoms with E-state index in [1.54, 1.807) is 0 Å². The molecular formula is C42H26N4. The van der Waals surface area contributed by atoms with Crippen LogP contribution in [-0.2, 0) is 0 Å². The molecule has 0 aliphatic rings. The first-order valence-corrected chi connectivity index (χ1v) is 15.6. The maximum atomic E-state index is 5.28. The monoisotopic (exact) mass is 586 g/mol. The highest BCUT2D eigenvalue weighted by Crippen LogP contribution is 2.40. The van der Waals surface area contributed by atoms with E-state index in [0.29, 0.717) is 5.95 Å². The lowest BCUT2D eigenvalue weighted by Crippen LogP contribution is -2.03. The number of aromatic nitrogens is 4. The topological polar surface area (TPSA) is 46.5 Å². The number of fused-ring (bicyclic) bond motifs is 9. The maximum Gasteiger partial charge on any atom is 0.235 e. The summed E-state index contributed by atoms with van der Waals surface area (Å²) < 4.78 is 2.24. The molecule has 0 aliphatic carbocycles. The standard InChI is InChI=1S/C42H26N4/c1-2-11-27(12-3-1)41-32-15-7-9-17-36(32)44-42(45-41)46-38-22-20-29(25-34(38)40-30-13-5-4-10-26(30)19-23-39(40)46)28-18-21-37-33(24-28)31-14-6-8-16-35(31)43-37/h1-25,43H. The predicted molar refractivity (Wildman–Crippen MR) is 192 cm³/mol. The average molecular weight is 587 g/mol. The van der Waals surface area contributed by atoms with E-state index in [1.807, 2.05) is 12.1 Å². The first-order valence-electron chi connectivity index (χ1n) is 15.6. The number of hydrogen-bond acceptors (Lipinski definition) is 2. The van der Waals surface area contributed by atoms with Crippen molar-refractivity contribution in [2.75, 3.05) is 0 Å². The molecule has 3 aromatic heterocycles. The van der Waals surface area contributed by atoms with Crippen LogP contribution >= 0.6 is 0 Å².